The molecule has 0 aliphatic carbocycles. The van der Waals surface area contributed by atoms with E-state index in [1.54, 1.807) is 25.3 Å². The van der Waals surface area contributed by atoms with Crippen LogP contribution in [0.5, 0.6) is 5.75 Å². The van der Waals surface area contributed by atoms with E-state index in [2.05, 4.69) is 15.3 Å². The molecule has 0 radical (unpaired) electrons. The lowest BCUT2D eigenvalue weighted by molar-refractivity contribution is -0.115. The highest BCUT2D eigenvalue weighted by atomic mass is 35.5. The maximum Gasteiger partial charge on any atom is 0.237 e. The van der Waals surface area contributed by atoms with Crippen molar-refractivity contribution < 1.29 is 9.53 Å². The van der Waals surface area contributed by atoms with Gasteiger partial charge >= 0.3 is 0 Å². The van der Waals surface area contributed by atoms with E-state index in [-0.39, 0.29) is 11.2 Å². The highest BCUT2D eigenvalue weighted by molar-refractivity contribution is 8.00. The maximum absolute atomic E-state index is 12.6. The number of fused-ring (bicyclic) bond motifs is 1. The molecule has 0 aliphatic heterocycles. The molecule has 26 heavy (non-hydrogen) atoms. The monoisotopic (exact) mass is 387 g/mol. The second-order valence-electron chi connectivity index (χ2n) is 5.69. The van der Waals surface area contributed by atoms with Gasteiger partial charge in [-0.2, -0.15) is 0 Å². The van der Waals surface area contributed by atoms with E-state index in [1.807, 2.05) is 38.1 Å². The average Bonchev–Trinajstić information content (AvgIpc) is 2.61. The predicted octanol–water partition coefficient (Wildman–Crippen LogP) is 4.72. The number of aromatic nitrogens is 2. The molecular weight excluding hydrogens is 370 g/mol. The van der Waals surface area contributed by atoms with Crippen LogP contribution in [0, 0.1) is 6.92 Å². The average molecular weight is 388 g/mol. The predicted molar refractivity (Wildman–Crippen MR) is 106 cm³/mol. The molecule has 0 unspecified atom stereocenters. The number of rotatable bonds is 5. The third kappa shape index (κ3) is 4.08. The summed E-state index contributed by atoms with van der Waals surface area (Å²) in [6.07, 6.45) is 0. The van der Waals surface area contributed by atoms with Crippen LogP contribution in [-0.2, 0) is 4.79 Å². The number of nitrogens with zero attached hydrogens (tertiary/aromatic N) is 2. The summed E-state index contributed by atoms with van der Waals surface area (Å²) in [4.78, 5) is 21.6. The van der Waals surface area contributed by atoms with Crippen molar-refractivity contribution in [1.29, 1.82) is 0 Å². The standard InChI is InChI=1S/C19H18ClN3O2S/c1-11(18(24)23-16-10-13(20)8-9-17(16)25-3)26-19-14-6-4-5-7-15(14)21-12(2)22-19/h4-11H,1-3H3,(H,23,24)/t11-/m0/s1. The van der Waals surface area contributed by atoms with E-state index in [0.29, 0.717) is 22.3 Å². The van der Waals surface area contributed by atoms with Gasteiger partial charge in [-0.3, -0.25) is 4.79 Å². The minimum Gasteiger partial charge on any atom is -0.495 e. The number of carbonyl (C=O) groups is 1. The number of thioether (sulfide) groups is 1. The number of amides is 1. The van der Waals surface area contributed by atoms with Gasteiger partial charge in [0.2, 0.25) is 5.91 Å². The zero-order chi connectivity index (χ0) is 18.7. The van der Waals surface area contributed by atoms with Crippen molar-refractivity contribution in [2.75, 3.05) is 12.4 Å². The molecule has 3 aromatic rings. The lowest BCUT2D eigenvalue weighted by Gasteiger charge is -2.15. The number of methoxy groups -OCH3 is 1. The second kappa shape index (κ2) is 7.93. The summed E-state index contributed by atoms with van der Waals surface area (Å²) in [5, 5.41) is 4.75. The first-order valence-electron chi connectivity index (χ1n) is 8.02. The van der Waals surface area contributed by atoms with E-state index < -0.39 is 0 Å². The summed E-state index contributed by atoms with van der Waals surface area (Å²) in [7, 11) is 1.55. The van der Waals surface area contributed by atoms with Crippen LogP contribution in [0.3, 0.4) is 0 Å². The van der Waals surface area contributed by atoms with Gasteiger partial charge < -0.3 is 10.1 Å². The highest BCUT2D eigenvalue weighted by Crippen LogP contribution is 2.31. The normalized spacial score (nSPS) is 12.0. The number of para-hydroxylation sites is 1. The first-order valence-corrected chi connectivity index (χ1v) is 9.28. The smallest absolute Gasteiger partial charge is 0.237 e. The molecule has 0 aliphatic rings. The Morgan fingerprint density at radius 2 is 2.00 bits per heavy atom. The van der Waals surface area contributed by atoms with E-state index in [1.165, 1.54) is 11.8 Å². The van der Waals surface area contributed by atoms with Crippen LogP contribution >= 0.6 is 23.4 Å². The molecule has 2 aromatic carbocycles. The molecule has 0 saturated heterocycles. The molecule has 134 valence electrons. The van der Waals surface area contributed by atoms with Crippen LogP contribution in [0.1, 0.15) is 12.7 Å². The Morgan fingerprint density at radius 1 is 1.23 bits per heavy atom. The Bertz CT molecular complexity index is 965. The number of nitrogens with one attached hydrogen (secondary N) is 1. The molecule has 1 aromatic heterocycles. The van der Waals surface area contributed by atoms with Gasteiger partial charge in [0.15, 0.2) is 0 Å². The van der Waals surface area contributed by atoms with E-state index >= 15 is 0 Å². The Balaban J connectivity index is 1.81. The second-order valence-corrected chi connectivity index (χ2v) is 7.45. The van der Waals surface area contributed by atoms with Gasteiger partial charge in [0.1, 0.15) is 16.6 Å². The minimum atomic E-state index is -0.364. The fourth-order valence-electron chi connectivity index (χ4n) is 2.48. The molecule has 0 saturated carbocycles. The number of hydrogen-bond acceptors (Lipinski definition) is 5. The fraction of sp³-hybridized carbons (Fsp3) is 0.211. The van der Waals surface area contributed by atoms with Crippen molar-refractivity contribution in [1.82, 2.24) is 9.97 Å². The van der Waals surface area contributed by atoms with Crippen LogP contribution in [0.25, 0.3) is 10.9 Å². The summed E-state index contributed by atoms with van der Waals surface area (Å²) in [5.41, 5.74) is 1.41. The zero-order valence-electron chi connectivity index (χ0n) is 14.6. The van der Waals surface area contributed by atoms with Crippen molar-refractivity contribution in [3.63, 3.8) is 0 Å². The van der Waals surface area contributed by atoms with E-state index in [4.69, 9.17) is 16.3 Å². The van der Waals surface area contributed by atoms with Gasteiger partial charge in [-0.25, -0.2) is 9.97 Å². The molecule has 0 fully saturated rings. The molecule has 1 amide bonds. The summed E-state index contributed by atoms with van der Waals surface area (Å²) in [5.74, 6) is 1.08. The third-order valence-electron chi connectivity index (χ3n) is 3.76. The zero-order valence-corrected chi connectivity index (χ0v) is 16.2. The van der Waals surface area contributed by atoms with Crippen molar-refractivity contribution in [3.05, 3.63) is 53.3 Å². The maximum atomic E-state index is 12.6. The van der Waals surface area contributed by atoms with Gasteiger partial charge in [0.25, 0.3) is 0 Å². The van der Waals surface area contributed by atoms with Crippen LogP contribution in [0.15, 0.2) is 47.5 Å². The fourth-order valence-corrected chi connectivity index (χ4v) is 3.64. The van der Waals surface area contributed by atoms with Crippen LogP contribution in [0.2, 0.25) is 5.02 Å². The van der Waals surface area contributed by atoms with Crippen molar-refractivity contribution in [2.45, 2.75) is 24.1 Å². The van der Waals surface area contributed by atoms with Gasteiger partial charge in [-0.15, -0.1) is 0 Å². The van der Waals surface area contributed by atoms with Crippen LogP contribution in [-0.4, -0.2) is 28.2 Å². The van der Waals surface area contributed by atoms with E-state index in [0.717, 1.165) is 15.9 Å². The first-order chi connectivity index (χ1) is 12.5. The Morgan fingerprint density at radius 3 is 2.77 bits per heavy atom. The Labute approximate surface area is 161 Å². The topological polar surface area (TPSA) is 64.1 Å². The number of hydrogen-bond donors (Lipinski definition) is 1. The number of anilines is 1. The van der Waals surface area contributed by atoms with Crippen molar-refractivity contribution >= 4 is 45.9 Å². The van der Waals surface area contributed by atoms with Crippen LogP contribution < -0.4 is 10.1 Å². The summed E-state index contributed by atoms with van der Waals surface area (Å²) in [6.45, 7) is 3.68. The molecular formula is C19H18ClN3O2S. The van der Waals surface area contributed by atoms with Gasteiger partial charge in [0.05, 0.1) is 23.6 Å². The molecule has 7 heteroatoms. The highest BCUT2D eigenvalue weighted by Gasteiger charge is 2.19. The molecule has 0 spiro atoms. The van der Waals surface area contributed by atoms with Gasteiger partial charge in [-0.05, 0) is 38.1 Å². The summed E-state index contributed by atoms with van der Waals surface area (Å²) < 4.78 is 5.27. The molecule has 1 N–H and O–H groups in total. The van der Waals surface area contributed by atoms with Gasteiger partial charge in [0, 0.05) is 10.4 Å². The lowest BCUT2D eigenvalue weighted by Crippen LogP contribution is -2.23. The molecule has 1 heterocycles. The molecule has 3 rings (SSSR count). The number of ether oxygens (including phenoxy) is 1. The van der Waals surface area contributed by atoms with Crippen molar-refractivity contribution in [3.8, 4) is 5.75 Å². The summed E-state index contributed by atoms with van der Waals surface area (Å²) in [6, 6.07) is 12.9. The number of carbonyl (C=O) groups excluding carboxylic acids is 1. The lowest BCUT2D eigenvalue weighted by atomic mass is 10.2. The van der Waals surface area contributed by atoms with Crippen LogP contribution in [0.4, 0.5) is 5.69 Å². The SMILES string of the molecule is COc1ccc(Cl)cc1NC(=O)[C@H](C)Sc1nc(C)nc2ccccc12. The summed E-state index contributed by atoms with van der Waals surface area (Å²) >= 11 is 7.42. The number of aryl methyl sites for hydroxylation is 1. The number of halogens is 1. The molecule has 5 nitrogen and oxygen atoms in total. The number of benzene rings is 2. The third-order valence-corrected chi connectivity index (χ3v) is 5.09. The Hall–Kier alpha value is -2.31. The first kappa shape index (κ1) is 18.5. The quantitative estimate of drug-likeness (QED) is 0.507. The minimum absolute atomic E-state index is 0.157. The van der Waals surface area contributed by atoms with Crippen molar-refractivity contribution in [2.24, 2.45) is 0 Å². The van der Waals surface area contributed by atoms with E-state index in [9.17, 15) is 4.79 Å². The molecule has 1 atom stereocenters. The molecule has 0 bridgehead atoms. The Kier molecular flexibility index (Phi) is 5.64. The van der Waals surface area contributed by atoms with Gasteiger partial charge in [-0.1, -0.05) is 41.6 Å². The largest absolute Gasteiger partial charge is 0.495 e.